The maximum atomic E-state index is 11.3. The van der Waals surface area contributed by atoms with E-state index in [1.807, 2.05) is 38.4 Å². The van der Waals surface area contributed by atoms with Crippen molar-refractivity contribution in [3.05, 3.63) is 29.8 Å². The third-order valence-electron chi connectivity index (χ3n) is 2.15. The van der Waals surface area contributed by atoms with Gasteiger partial charge in [0.15, 0.2) is 5.11 Å². The van der Waals surface area contributed by atoms with Crippen LogP contribution in [-0.4, -0.2) is 37.3 Å². The van der Waals surface area contributed by atoms with E-state index in [1.54, 1.807) is 5.01 Å². The molecule has 2 N–H and O–H groups in total. The Balaban J connectivity index is 2.76. The lowest BCUT2D eigenvalue weighted by molar-refractivity contribution is -0.139. The summed E-state index contributed by atoms with van der Waals surface area (Å²) >= 11 is 5.13. The number of hydrogen-bond donors (Lipinski definition) is 2. The van der Waals surface area contributed by atoms with Crippen LogP contribution < -0.4 is 10.7 Å². The van der Waals surface area contributed by atoms with Crippen molar-refractivity contribution in [1.82, 2.24) is 10.4 Å². The van der Waals surface area contributed by atoms with E-state index in [4.69, 9.17) is 12.2 Å². The van der Waals surface area contributed by atoms with Crippen molar-refractivity contribution in [1.29, 1.82) is 0 Å². The Morgan fingerprint density at radius 2 is 2.06 bits per heavy atom. The normalized spacial score (nSPS) is 10.0. The molecule has 5 nitrogen and oxygen atoms in total. The number of benzene rings is 1. The Morgan fingerprint density at radius 1 is 1.39 bits per heavy atom. The number of hydrogen-bond acceptors (Lipinski definition) is 4. The van der Waals surface area contributed by atoms with E-state index in [0.717, 1.165) is 11.3 Å². The van der Waals surface area contributed by atoms with Crippen LogP contribution in [0.1, 0.15) is 5.56 Å². The first-order chi connectivity index (χ1) is 8.52. The van der Waals surface area contributed by atoms with E-state index in [1.165, 1.54) is 7.11 Å². The molecule has 0 bridgehead atoms. The van der Waals surface area contributed by atoms with E-state index in [9.17, 15) is 4.79 Å². The van der Waals surface area contributed by atoms with Gasteiger partial charge in [-0.05, 0) is 23.8 Å². The number of nitrogens with zero attached hydrogens (tertiary/aromatic N) is 1. The molecule has 0 aromatic heterocycles. The van der Waals surface area contributed by atoms with Crippen molar-refractivity contribution in [3.8, 4) is 0 Å². The molecule has 0 amide bonds. The number of thiocarbonyl (C=S) groups is 1. The number of anilines is 1. The van der Waals surface area contributed by atoms with E-state index < -0.39 is 0 Å². The zero-order chi connectivity index (χ0) is 13.5. The van der Waals surface area contributed by atoms with Crippen molar-refractivity contribution in [2.45, 2.75) is 6.42 Å². The highest BCUT2D eigenvalue weighted by atomic mass is 32.1. The van der Waals surface area contributed by atoms with E-state index in [2.05, 4.69) is 15.5 Å². The molecule has 1 rings (SSSR count). The first-order valence-electron chi connectivity index (χ1n) is 5.42. The molecule has 0 spiro atoms. The largest absolute Gasteiger partial charge is 0.469 e. The van der Waals surface area contributed by atoms with Crippen LogP contribution >= 0.6 is 12.2 Å². The van der Waals surface area contributed by atoms with Crippen molar-refractivity contribution < 1.29 is 9.53 Å². The Kier molecular flexibility index (Phi) is 5.54. The minimum Gasteiger partial charge on any atom is -0.469 e. The predicted molar refractivity (Wildman–Crippen MR) is 75.2 cm³/mol. The summed E-state index contributed by atoms with van der Waals surface area (Å²) in [5.74, 6) is -0.282. The number of carbonyl (C=O) groups is 1. The van der Waals surface area contributed by atoms with Gasteiger partial charge in [0, 0.05) is 19.8 Å². The summed E-state index contributed by atoms with van der Waals surface area (Å²) in [7, 11) is 5.05. The zero-order valence-corrected chi connectivity index (χ0v) is 11.5. The lowest BCUT2D eigenvalue weighted by Crippen LogP contribution is -2.39. The van der Waals surface area contributed by atoms with Gasteiger partial charge in [0.2, 0.25) is 0 Å². The number of carbonyl (C=O) groups excluding carboxylic acids is 1. The number of nitrogens with one attached hydrogen (secondary N) is 2. The minimum absolute atomic E-state index is 0.213. The molecule has 1 aromatic carbocycles. The average molecular weight is 267 g/mol. The summed E-state index contributed by atoms with van der Waals surface area (Å²) in [4.78, 5) is 11.3. The fraction of sp³-hybridized carbons (Fsp3) is 0.333. The van der Waals surface area contributed by atoms with Crippen molar-refractivity contribution in [2.24, 2.45) is 0 Å². The molecule has 0 atom stereocenters. The molecule has 98 valence electrons. The number of esters is 1. The van der Waals surface area contributed by atoms with E-state index in [0.29, 0.717) is 5.11 Å². The second kappa shape index (κ2) is 6.93. The maximum Gasteiger partial charge on any atom is 0.310 e. The summed E-state index contributed by atoms with van der Waals surface area (Å²) < 4.78 is 4.66. The Hall–Kier alpha value is -1.66. The molecule has 0 heterocycles. The van der Waals surface area contributed by atoms with Crippen LogP contribution in [0.2, 0.25) is 0 Å². The van der Waals surface area contributed by atoms with Gasteiger partial charge in [-0.1, -0.05) is 18.2 Å². The van der Waals surface area contributed by atoms with Crippen molar-refractivity contribution in [2.75, 3.05) is 26.5 Å². The summed E-state index contributed by atoms with van der Waals surface area (Å²) in [6.07, 6.45) is 0.213. The highest BCUT2D eigenvalue weighted by Crippen LogP contribution is 2.15. The molecule has 0 aliphatic carbocycles. The van der Waals surface area contributed by atoms with Gasteiger partial charge in [0.05, 0.1) is 13.5 Å². The predicted octanol–water partition coefficient (Wildman–Crippen LogP) is 1.17. The van der Waals surface area contributed by atoms with Crippen LogP contribution in [0.4, 0.5) is 5.69 Å². The van der Waals surface area contributed by atoms with Crippen LogP contribution in [0.3, 0.4) is 0 Å². The number of ether oxygens (including phenoxy) is 1. The van der Waals surface area contributed by atoms with Gasteiger partial charge in [-0.15, -0.1) is 0 Å². The first kappa shape index (κ1) is 14.4. The van der Waals surface area contributed by atoms with Crippen LogP contribution in [0.25, 0.3) is 0 Å². The lowest BCUT2D eigenvalue weighted by atomic mass is 10.1. The molecule has 18 heavy (non-hydrogen) atoms. The smallest absolute Gasteiger partial charge is 0.310 e. The monoisotopic (exact) mass is 267 g/mol. The summed E-state index contributed by atoms with van der Waals surface area (Å²) in [5.41, 5.74) is 4.56. The summed E-state index contributed by atoms with van der Waals surface area (Å²) in [6, 6.07) is 7.46. The van der Waals surface area contributed by atoms with Gasteiger partial charge in [-0.3, -0.25) is 10.2 Å². The van der Waals surface area contributed by atoms with Crippen LogP contribution in [0.15, 0.2) is 24.3 Å². The minimum atomic E-state index is -0.282. The highest BCUT2D eigenvalue weighted by Gasteiger charge is 2.08. The van der Waals surface area contributed by atoms with Gasteiger partial charge in [-0.25, -0.2) is 5.01 Å². The zero-order valence-electron chi connectivity index (χ0n) is 10.7. The molecule has 0 unspecified atom stereocenters. The molecule has 0 saturated heterocycles. The highest BCUT2D eigenvalue weighted by molar-refractivity contribution is 7.80. The van der Waals surface area contributed by atoms with Crippen LogP contribution in [0.5, 0.6) is 0 Å². The molecule has 0 saturated carbocycles. The molecular formula is C12H17N3O2S. The number of hydrazine groups is 1. The topological polar surface area (TPSA) is 53.6 Å². The van der Waals surface area contributed by atoms with E-state index in [-0.39, 0.29) is 12.4 Å². The Bertz CT molecular complexity index is 435. The molecule has 0 aliphatic rings. The van der Waals surface area contributed by atoms with Crippen molar-refractivity contribution in [3.63, 3.8) is 0 Å². The number of methoxy groups -OCH3 is 1. The molecule has 0 aliphatic heterocycles. The van der Waals surface area contributed by atoms with Gasteiger partial charge in [0.1, 0.15) is 0 Å². The second-order valence-electron chi connectivity index (χ2n) is 3.87. The van der Waals surface area contributed by atoms with Gasteiger partial charge >= 0.3 is 5.97 Å². The Labute approximate surface area is 112 Å². The standard InChI is InChI=1S/C12H17N3O2S/c1-15(2)14-12(18)13-10-7-5-4-6-9(10)8-11(16)17-3/h4-7H,8H2,1-3H3,(H2,13,14,18). The lowest BCUT2D eigenvalue weighted by Gasteiger charge is -2.17. The molecule has 0 fully saturated rings. The molecular weight excluding hydrogens is 250 g/mol. The SMILES string of the molecule is COC(=O)Cc1ccccc1NC(=S)NN(C)C. The Morgan fingerprint density at radius 3 is 2.67 bits per heavy atom. The first-order valence-corrected chi connectivity index (χ1v) is 5.83. The van der Waals surface area contributed by atoms with Crippen molar-refractivity contribution >= 4 is 29.0 Å². The fourth-order valence-corrected chi connectivity index (χ4v) is 1.67. The molecule has 1 aromatic rings. The molecule has 6 heteroatoms. The maximum absolute atomic E-state index is 11.3. The number of para-hydroxylation sites is 1. The van der Waals surface area contributed by atoms with Gasteiger partial charge in [0.25, 0.3) is 0 Å². The number of rotatable bonds is 4. The quantitative estimate of drug-likeness (QED) is 0.485. The fourth-order valence-electron chi connectivity index (χ4n) is 1.38. The summed E-state index contributed by atoms with van der Waals surface area (Å²) in [6.45, 7) is 0. The third kappa shape index (κ3) is 4.68. The van der Waals surface area contributed by atoms with Crippen LogP contribution in [0, 0.1) is 0 Å². The summed E-state index contributed by atoms with van der Waals surface area (Å²) in [5, 5.41) is 5.25. The second-order valence-corrected chi connectivity index (χ2v) is 4.28. The van der Waals surface area contributed by atoms with Gasteiger partial charge in [-0.2, -0.15) is 0 Å². The molecule has 0 radical (unpaired) electrons. The third-order valence-corrected chi connectivity index (χ3v) is 2.35. The van der Waals surface area contributed by atoms with Crippen LogP contribution in [-0.2, 0) is 16.0 Å². The van der Waals surface area contributed by atoms with Gasteiger partial charge < -0.3 is 10.1 Å². The average Bonchev–Trinajstić information content (AvgIpc) is 2.30. The van der Waals surface area contributed by atoms with E-state index >= 15 is 0 Å².